The topological polar surface area (TPSA) is 101 Å². The number of benzene rings is 1. The summed E-state index contributed by atoms with van der Waals surface area (Å²) in [6, 6.07) is 4.65. The summed E-state index contributed by atoms with van der Waals surface area (Å²) < 4.78 is 0. The molecule has 130 valence electrons. The van der Waals surface area contributed by atoms with E-state index in [0.29, 0.717) is 22.9 Å². The molecule has 2 N–H and O–H groups in total. The molecular formula is C18H20N4O3. The molecule has 4 aliphatic rings. The van der Waals surface area contributed by atoms with Crippen molar-refractivity contribution in [3.05, 3.63) is 34.1 Å². The molecule has 4 saturated carbocycles. The number of nitro benzene ring substituents is 1. The van der Waals surface area contributed by atoms with Crippen molar-refractivity contribution in [3.63, 3.8) is 0 Å². The molecule has 1 amide bonds. The first-order chi connectivity index (χ1) is 12.1. The maximum Gasteiger partial charge on any atom is 0.287 e. The van der Waals surface area contributed by atoms with Gasteiger partial charge in [0.1, 0.15) is 0 Å². The lowest BCUT2D eigenvalue weighted by molar-refractivity contribution is -0.384. The summed E-state index contributed by atoms with van der Waals surface area (Å²) in [5, 5.41) is 14.1. The zero-order chi connectivity index (χ0) is 17.1. The predicted octanol–water partition coefficient (Wildman–Crippen LogP) is 3.03. The number of hydrogen-bond donors (Lipinski definition) is 2. The quantitative estimate of drug-likeness (QED) is 0.662. The molecule has 0 atom stereocenters. The minimum absolute atomic E-state index is 0.0101. The monoisotopic (exact) mass is 340 g/mol. The lowest BCUT2D eigenvalue weighted by Crippen LogP contribution is -2.55. The number of carbonyl (C=O) groups excluding carboxylic acids is 1. The van der Waals surface area contributed by atoms with Crippen molar-refractivity contribution in [2.24, 2.45) is 23.7 Å². The van der Waals surface area contributed by atoms with Crippen molar-refractivity contribution in [2.45, 2.75) is 38.1 Å². The van der Waals surface area contributed by atoms with E-state index in [2.05, 4.69) is 15.3 Å². The number of carbonyl (C=O) groups is 1. The largest absolute Gasteiger partial charge is 0.346 e. The highest BCUT2D eigenvalue weighted by molar-refractivity contribution is 5.94. The van der Waals surface area contributed by atoms with Gasteiger partial charge in [0.2, 0.25) is 0 Å². The van der Waals surface area contributed by atoms with Crippen molar-refractivity contribution < 1.29 is 9.72 Å². The number of imidazole rings is 1. The van der Waals surface area contributed by atoms with Crippen LogP contribution in [0.4, 0.5) is 5.69 Å². The fourth-order valence-corrected chi connectivity index (χ4v) is 5.60. The van der Waals surface area contributed by atoms with E-state index in [0.717, 1.165) is 11.8 Å². The van der Waals surface area contributed by atoms with Gasteiger partial charge < -0.3 is 10.3 Å². The maximum atomic E-state index is 12.7. The van der Waals surface area contributed by atoms with E-state index in [9.17, 15) is 14.9 Å². The molecule has 0 spiro atoms. The Bertz CT molecular complexity index is 846. The van der Waals surface area contributed by atoms with Crippen LogP contribution in [0.5, 0.6) is 0 Å². The molecule has 1 aromatic heterocycles. The Hall–Kier alpha value is -2.44. The highest BCUT2D eigenvalue weighted by Crippen LogP contribution is 2.53. The molecule has 1 heterocycles. The number of nitrogens with zero attached hydrogens (tertiary/aromatic N) is 2. The normalized spacial score (nSPS) is 32.9. The van der Waals surface area contributed by atoms with Crippen LogP contribution < -0.4 is 5.32 Å². The molecule has 2 aromatic rings. The maximum absolute atomic E-state index is 12.7. The minimum atomic E-state index is -0.450. The summed E-state index contributed by atoms with van der Waals surface area (Å²) in [5.41, 5.74) is 1.08. The lowest BCUT2D eigenvalue weighted by atomic mass is 9.54. The van der Waals surface area contributed by atoms with E-state index in [-0.39, 0.29) is 23.5 Å². The number of non-ortho nitro benzene ring substituents is 1. The summed E-state index contributed by atoms with van der Waals surface area (Å²) >= 11 is 0. The van der Waals surface area contributed by atoms with E-state index in [1.54, 1.807) is 6.07 Å². The van der Waals surface area contributed by atoms with E-state index in [4.69, 9.17) is 0 Å². The van der Waals surface area contributed by atoms with Crippen LogP contribution in [0.1, 0.15) is 42.7 Å². The molecule has 0 radical (unpaired) electrons. The van der Waals surface area contributed by atoms with Gasteiger partial charge in [-0.15, -0.1) is 0 Å². The Morgan fingerprint density at radius 2 is 1.84 bits per heavy atom. The molecule has 1 aromatic carbocycles. The fraction of sp³-hybridized carbons (Fsp3) is 0.556. The van der Waals surface area contributed by atoms with Gasteiger partial charge in [0.15, 0.2) is 5.82 Å². The standard InChI is InChI=1S/C18H20N4O3/c23-18(17-19-14-2-1-13(22(24)25)8-15(14)20-17)21-16-11-4-9-3-10(6-11)7-12(16)5-9/h1-2,8-12,16H,3-7H2,(H,19,20)(H,21,23). The van der Waals surface area contributed by atoms with Crippen LogP contribution in [-0.4, -0.2) is 26.8 Å². The van der Waals surface area contributed by atoms with Crippen LogP contribution in [0, 0.1) is 33.8 Å². The van der Waals surface area contributed by atoms with Crippen LogP contribution in [0.25, 0.3) is 11.0 Å². The van der Waals surface area contributed by atoms with Crippen molar-refractivity contribution in [3.8, 4) is 0 Å². The van der Waals surface area contributed by atoms with Crippen LogP contribution in [0.3, 0.4) is 0 Å². The van der Waals surface area contributed by atoms with Crippen molar-refractivity contribution in [1.82, 2.24) is 15.3 Å². The first-order valence-electron chi connectivity index (χ1n) is 9.02. The summed E-state index contributed by atoms with van der Waals surface area (Å²) in [4.78, 5) is 30.4. The molecule has 6 rings (SSSR count). The van der Waals surface area contributed by atoms with Gasteiger partial charge >= 0.3 is 0 Å². The zero-order valence-electron chi connectivity index (χ0n) is 13.8. The predicted molar refractivity (Wildman–Crippen MR) is 91.0 cm³/mol. The lowest BCUT2D eigenvalue weighted by Gasteiger charge is -2.54. The van der Waals surface area contributed by atoms with Crippen molar-refractivity contribution in [2.75, 3.05) is 0 Å². The van der Waals surface area contributed by atoms with Gasteiger partial charge in [-0.05, 0) is 61.8 Å². The highest BCUT2D eigenvalue weighted by Gasteiger charge is 2.48. The number of H-pyrrole nitrogens is 1. The number of amides is 1. The first kappa shape index (κ1) is 14.9. The Labute approximate surface area is 144 Å². The fourth-order valence-electron chi connectivity index (χ4n) is 5.60. The minimum Gasteiger partial charge on any atom is -0.346 e. The average molecular weight is 340 g/mol. The molecule has 7 heteroatoms. The van der Waals surface area contributed by atoms with Gasteiger partial charge in [0.25, 0.3) is 11.6 Å². The molecule has 4 fully saturated rings. The number of nitro groups is 1. The van der Waals surface area contributed by atoms with Gasteiger partial charge in [-0.25, -0.2) is 4.98 Å². The van der Waals surface area contributed by atoms with Gasteiger partial charge in [-0.2, -0.15) is 0 Å². The van der Waals surface area contributed by atoms with E-state index >= 15 is 0 Å². The zero-order valence-corrected chi connectivity index (χ0v) is 13.8. The molecule has 0 saturated heterocycles. The van der Waals surface area contributed by atoms with Crippen molar-refractivity contribution in [1.29, 1.82) is 0 Å². The van der Waals surface area contributed by atoms with Crippen LogP contribution in [0.15, 0.2) is 18.2 Å². The van der Waals surface area contributed by atoms with Gasteiger partial charge in [-0.1, -0.05) is 0 Å². The third-order valence-corrected chi connectivity index (χ3v) is 6.42. The SMILES string of the molecule is O=C(NC1C2CC3CC(C2)CC1C3)c1nc2ccc([N+](=O)[O-])cc2[nH]1. The van der Waals surface area contributed by atoms with Crippen LogP contribution in [0.2, 0.25) is 0 Å². The van der Waals surface area contributed by atoms with Gasteiger partial charge in [-0.3, -0.25) is 14.9 Å². The summed E-state index contributed by atoms with van der Waals surface area (Å²) in [5.74, 6) is 2.97. The third kappa shape index (κ3) is 2.41. The molecular weight excluding hydrogens is 320 g/mol. The number of nitrogens with one attached hydrogen (secondary N) is 2. The van der Waals surface area contributed by atoms with Gasteiger partial charge in [0.05, 0.1) is 16.0 Å². The van der Waals surface area contributed by atoms with E-state index in [1.807, 2.05) is 0 Å². The number of aromatic nitrogens is 2. The second-order valence-electron chi connectivity index (χ2n) is 7.97. The second-order valence-corrected chi connectivity index (χ2v) is 7.97. The third-order valence-electron chi connectivity index (χ3n) is 6.42. The second kappa shape index (κ2) is 5.28. The summed E-state index contributed by atoms with van der Waals surface area (Å²) in [6.07, 6.45) is 6.35. The number of rotatable bonds is 3. The average Bonchev–Trinajstić information content (AvgIpc) is 3.00. The Kier molecular flexibility index (Phi) is 3.14. The molecule has 25 heavy (non-hydrogen) atoms. The highest BCUT2D eigenvalue weighted by atomic mass is 16.6. The number of fused-ring (bicyclic) bond motifs is 1. The summed E-state index contributed by atoms with van der Waals surface area (Å²) in [7, 11) is 0. The van der Waals surface area contributed by atoms with E-state index in [1.165, 1.54) is 44.2 Å². The first-order valence-corrected chi connectivity index (χ1v) is 9.02. The van der Waals surface area contributed by atoms with Crippen LogP contribution >= 0.6 is 0 Å². The van der Waals surface area contributed by atoms with E-state index < -0.39 is 4.92 Å². The Morgan fingerprint density at radius 3 is 2.48 bits per heavy atom. The summed E-state index contributed by atoms with van der Waals surface area (Å²) in [6.45, 7) is 0. The molecule has 0 unspecified atom stereocenters. The number of hydrogen-bond acceptors (Lipinski definition) is 4. The van der Waals surface area contributed by atoms with Crippen molar-refractivity contribution >= 4 is 22.6 Å². The smallest absolute Gasteiger partial charge is 0.287 e. The Morgan fingerprint density at radius 1 is 1.16 bits per heavy atom. The molecule has 4 bridgehead atoms. The van der Waals surface area contributed by atoms with Crippen LogP contribution in [-0.2, 0) is 0 Å². The molecule has 0 aliphatic heterocycles. The van der Waals surface area contributed by atoms with Gasteiger partial charge in [0, 0.05) is 18.2 Å². The Balaban J connectivity index is 1.37. The molecule has 7 nitrogen and oxygen atoms in total. The molecule has 4 aliphatic carbocycles. The number of aromatic amines is 1.